The number of unbranched alkanes of at least 4 members (excludes halogenated alkanes) is 7. The quantitative estimate of drug-likeness (QED) is 0.350. The Balaban J connectivity index is 1.94. The average molecular weight is 391 g/mol. The zero-order valence-corrected chi connectivity index (χ0v) is 16.9. The van der Waals surface area contributed by atoms with Crippen molar-refractivity contribution in [2.75, 3.05) is 6.61 Å². The van der Waals surface area contributed by atoms with Crippen molar-refractivity contribution in [3.8, 4) is 16.9 Å². The molecule has 0 radical (unpaired) electrons. The van der Waals surface area contributed by atoms with E-state index in [2.05, 4.69) is 6.92 Å². The predicted molar refractivity (Wildman–Crippen MR) is 110 cm³/mol. The van der Waals surface area contributed by atoms with Gasteiger partial charge < -0.3 is 4.74 Å². The van der Waals surface area contributed by atoms with Gasteiger partial charge in [0, 0.05) is 11.1 Å². The second-order valence-electron chi connectivity index (χ2n) is 6.79. The van der Waals surface area contributed by atoms with Crippen LogP contribution in [-0.4, -0.2) is 19.6 Å². The number of rotatable bonds is 12. The molecule has 0 saturated heterocycles. The number of hydrogen-bond donors (Lipinski definition) is 1. The molecule has 2 aromatic rings. The van der Waals surface area contributed by atoms with Crippen molar-refractivity contribution < 1.29 is 17.7 Å². The van der Waals surface area contributed by atoms with Gasteiger partial charge in [-0.1, -0.05) is 88.3 Å². The van der Waals surface area contributed by atoms with E-state index in [1.165, 1.54) is 44.6 Å². The minimum absolute atomic E-state index is 0.104. The van der Waals surface area contributed by atoms with Crippen molar-refractivity contribution >= 4 is 10.1 Å². The fraction of sp³-hybridized carbons (Fsp3) is 0.455. The van der Waals surface area contributed by atoms with Gasteiger partial charge in [0.15, 0.2) is 0 Å². The minimum atomic E-state index is -4.30. The van der Waals surface area contributed by atoms with Gasteiger partial charge in [-0.2, -0.15) is 8.42 Å². The molecule has 5 heteroatoms. The van der Waals surface area contributed by atoms with E-state index in [0.29, 0.717) is 23.5 Å². The lowest BCUT2D eigenvalue weighted by atomic mass is 10.0. The van der Waals surface area contributed by atoms with E-state index >= 15 is 0 Å². The first kappa shape index (κ1) is 21.5. The Hall–Kier alpha value is -1.85. The molecule has 0 atom stereocenters. The average Bonchev–Trinajstić information content (AvgIpc) is 2.66. The summed E-state index contributed by atoms with van der Waals surface area (Å²) in [5.74, 6) is 0.636. The Morgan fingerprint density at radius 1 is 0.778 bits per heavy atom. The topological polar surface area (TPSA) is 63.6 Å². The van der Waals surface area contributed by atoms with Gasteiger partial charge in [-0.3, -0.25) is 4.55 Å². The maximum absolute atomic E-state index is 11.7. The fourth-order valence-electron chi connectivity index (χ4n) is 3.15. The van der Waals surface area contributed by atoms with Crippen LogP contribution in [0.25, 0.3) is 11.1 Å². The SMILES string of the molecule is CCCCCCCCCCOc1ccccc1-c1ccccc1S(=O)(=O)O. The maximum atomic E-state index is 11.7. The first-order valence-corrected chi connectivity index (χ1v) is 11.3. The Labute approximate surface area is 163 Å². The molecule has 2 aromatic carbocycles. The fourth-order valence-corrected chi connectivity index (χ4v) is 3.85. The molecule has 0 aliphatic heterocycles. The van der Waals surface area contributed by atoms with Crippen molar-refractivity contribution in [3.63, 3.8) is 0 Å². The van der Waals surface area contributed by atoms with E-state index in [-0.39, 0.29) is 4.90 Å². The summed E-state index contributed by atoms with van der Waals surface area (Å²) in [6, 6.07) is 13.8. The Morgan fingerprint density at radius 3 is 2.00 bits per heavy atom. The van der Waals surface area contributed by atoms with E-state index in [1.807, 2.05) is 24.3 Å². The highest BCUT2D eigenvalue weighted by Gasteiger charge is 2.18. The molecule has 148 valence electrons. The zero-order valence-electron chi connectivity index (χ0n) is 16.1. The molecule has 0 aliphatic carbocycles. The molecule has 0 aliphatic rings. The van der Waals surface area contributed by atoms with Crippen molar-refractivity contribution in [3.05, 3.63) is 48.5 Å². The first-order chi connectivity index (χ1) is 13.0. The third-order valence-electron chi connectivity index (χ3n) is 4.60. The monoisotopic (exact) mass is 390 g/mol. The number of benzene rings is 2. The Morgan fingerprint density at radius 2 is 1.33 bits per heavy atom. The molecule has 4 nitrogen and oxygen atoms in total. The predicted octanol–water partition coefficient (Wildman–Crippen LogP) is 6.12. The van der Waals surface area contributed by atoms with Crippen molar-refractivity contribution in [1.82, 2.24) is 0 Å². The van der Waals surface area contributed by atoms with Crippen molar-refractivity contribution in [1.29, 1.82) is 0 Å². The van der Waals surface area contributed by atoms with Crippen LogP contribution >= 0.6 is 0 Å². The lowest BCUT2D eigenvalue weighted by Gasteiger charge is -2.13. The van der Waals surface area contributed by atoms with Crippen LogP contribution in [0.2, 0.25) is 0 Å². The molecule has 27 heavy (non-hydrogen) atoms. The number of ether oxygens (including phenoxy) is 1. The smallest absolute Gasteiger partial charge is 0.295 e. The lowest BCUT2D eigenvalue weighted by molar-refractivity contribution is 0.305. The second kappa shape index (κ2) is 11.1. The van der Waals surface area contributed by atoms with Crippen LogP contribution in [0.4, 0.5) is 0 Å². The summed E-state index contributed by atoms with van der Waals surface area (Å²) < 4.78 is 38.8. The summed E-state index contributed by atoms with van der Waals surface area (Å²) in [5, 5.41) is 0. The number of hydrogen-bond acceptors (Lipinski definition) is 3. The maximum Gasteiger partial charge on any atom is 0.295 e. The van der Waals surface area contributed by atoms with E-state index in [9.17, 15) is 13.0 Å². The van der Waals surface area contributed by atoms with Crippen LogP contribution in [0.15, 0.2) is 53.4 Å². The molecular weight excluding hydrogens is 360 g/mol. The molecule has 0 amide bonds. The van der Waals surface area contributed by atoms with Crippen LogP contribution < -0.4 is 4.74 Å². The summed E-state index contributed by atoms with van der Waals surface area (Å²) in [7, 11) is -4.30. The van der Waals surface area contributed by atoms with Gasteiger partial charge in [-0.25, -0.2) is 0 Å². The highest BCUT2D eigenvalue weighted by atomic mass is 32.2. The highest BCUT2D eigenvalue weighted by Crippen LogP contribution is 2.34. The van der Waals surface area contributed by atoms with Gasteiger partial charge in [0.25, 0.3) is 10.1 Å². The van der Waals surface area contributed by atoms with Crippen LogP contribution in [0.5, 0.6) is 5.75 Å². The van der Waals surface area contributed by atoms with Gasteiger partial charge in [0.2, 0.25) is 0 Å². The number of para-hydroxylation sites is 1. The van der Waals surface area contributed by atoms with Crippen molar-refractivity contribution in [2.45, 2.75) is 63.2 Å². The largest absolute Gasteiger partial charge is 0.493 e. The van der Waals surface area contributed by atoms with E-state index in [0.717, 1.165) is 12.8 Å². The zero-order chi connectivity index (χ0) is 19.5. The molecule has 0 aromatic heterocycles. The molecule has 0 bridgehead atoms. The Kier molecular flexibility index (Phi) is 8.82. The van der Waals surface area contributed by atoms with Crippen LogP contribution in [0.1, 0.15) is 58.3 Å². The molecule has 0 spiro atoms. The molecule has 1 N–H and O–H groups in total. The minimum Gasteiger partial charge on any atom is -0.493 e. The lowest BCUT2D eigenvalue weighted by Crippen LogP contribution is -2.03. The molecule has 0 fully saturated rings. The van der Waals surface area contributed by atoms with E-state index in [1.54, 1.807) is 18.2 Å². The standard InChI is InChI=1S/C22H30O4S/c1-2-3-4-5-6-7-8-13-18-26-21-16-11-9-14-19(21)20-15-10-12-17-22(20)27(23,24)25/h9-12,14-17H,2-8,13,18H2,1H3,(H,23,24,25). The highest BCUT2D eigenvalue weighted by molar-refractivity contribution is 7.86. The summed E-state index contributed by atoms with van der Waals surface area (Å²) in [6.07, 6.45) is 9.84. The van der Waals surface area contributed by atoms with Gasteiger partial charge in [0.1, 0.15) is 10.6 Å². The van der Waals surface area contributed by atoms with Gasteiger partial charge in [-0.05, 0) is 18.6 Å². The third-order valence-corrected chi connectivity index (χ3v) is 5.51. The van der Waals surface area contributed by atoms with Gasteiger partial charge in [0.05, 0.1) is 6.61 Å². The molecule has 2 rings (SSSR count). The molecular formula is C22H30O4S. The summed E-state index contributed by atoms with van der Waals surface area (Å²) in [4.78, 5) is -0.104. The van der Waals surface area contributed by atoms with Crippen LogP contribution in [-0.2, 0) is 10.1 Å². The molecule has 0 unspecified atom stereocenters. The Bertz CT molecular complexity index is 799. The third kappa shape index (κ3) is 7.00. The molecule has 0 heterocycles. The van der Waals surface area contributed by atoms with E-state index < -0.39 is 10.1 Å². The molecule has 0 saturated carbocycles. The van der Waals surface area contributed by atoms with Crippen LogP contribution in [0.3, 0.4) is 0 Å². The summed E-state index contributed by atoms with van der Waals surface area (Å²) in [6.45, 7) is 2.82. The van der Waals surface area contributed by atoms with Crippen LogP contribution in [0, 0.1) is 0 Å². The van der Waals surface area contributed by atoms with Gasteiger partial charge in [-0.15, -0.1) is 0 Å². The van der Waals surface area contributed by atoms with Crippen molar-refractivity contribution in [2.24, 2.45) is 0 Å². The van der Waals surface area contributed by atoms with Gasteiger partial charge >= 0.3 is 0 Å². The normalized spacial score (nSPS) is 11.5. The van der Waals surface area contributed by atoms with E-state index in [4.69, 9.17) is 4.74 Å². The second-order valence-corrected chi connectivity index (χ2v) is 8.18. The summed E-state index contributed by atoms with van der Waals surface area (Å²) >= 11 is 0. The first-order valence-electron chi connectivity index (χ1n) is 9.82. The summed E-state index contributed by atoms with van der Waals surface area (Å²) in [5.41, 5.74) is 1.12.